The Balaban J connectivity index is 2.93. The van der Waals surface area contributed by atoms with E-state index in [0.717, 1.165) is 0 Å². The first-order valence-corrected chi connectivity index (χ1v) is 5.57. The molecule has 0 radical (unpaired) electrons. The van der Waals surface area contributed by atoms with Crippen LogP contribution in [-0.2, 0) is 0 Å². The van der Waals surface area contributed by atoms with Gasteiger partial charge in [-0.3, -0.25) is 14.9 Å². The lowest BCUT2D eigenvalue weighted by molar-refractivity contribution is -0.384. The van der Waals surface area contributed by atoms with Crippen LogP contribution in [-0.4, -0.2) is 17.4 Å². The Morgan fingerprint density at radius 3 is 2.71 bits per heavy atom. The van der Waals surface area contributed by atoms with Crippen LogP contribution in [0.3, 0.4) is 0 Å². The minimum absolute atomic E-state index is 0.0900. The summed E-state index contributed by atoms with van der Waals surface area (Å²) in [4.78, 5) is 21.8. The van der Waals surface area contributed by atoms with Gasteiger partial charge in [-0.25, -0.2) is 0 Å². The molecule has 1 N–H and O–H groups in total. The Hall–Kier alpha value is -1.69. The molecule has 0 atom stereocenters. The summed E-state index contributed by atoms with van der Waals surface area (Å²) in [5, 5.41) is 13.2. The maximum Gasteiger partial charge on any atom is 0.270 e. The number of carbonyl (C=O) groups excluding carboxylic acids is 1. The first-order valence-electron chi connectivity index (χ1n) is 4.77. The summed E-state index contributed by atoms with van der Waals surface area (Å²) in [6, 6.07) is 4.26. The highest BCUT2D eigenvalue weighted by Gasteiger charge is 2.12. The molecule has 0 aliphatic carbocycles. The van der Waals surface area contributed by atoms with Gasteiger partial charge in [0, 0.05) is 28.7 Å². The highest BCUT2D eigenvalue weighted by molar-refractivity contribution is 9.11. The Morgan fingerprint density at radius 2 is 2.18 bits per heavy atom. The van der Waals surface area contributed by atoms with Crippen molar-refractivity contribution < 1.29 is 9.72 Å². The molecule has 0 saturated carbocycles. The highest BCUT2D eigenvalue weighted by Crippen LogP contribution is 2.16. The molecule has 0 aromatic heterocycles. The normalized spacial score (nSPS) is 9.76. The molecular formula is C11H11BrN2O3. The molecule has 0 aliphatic heterocycles. The van der Waals surface area contributed by atoms with Crippen LogP contribution in [0.1, 0.15) is 15.9 Å². The number of rotatable bonds is 4. The van der Waals surface area contributed by atoms with Crippen molar-refractivity contribution in [1.29, 1.82) is 0 Å². The molecule has 5 nitrogen and oxygen atoms in total. The van der Waals surface area contributed by atoms with Gasteiger partial charge in [0.1, 0.15) is 0 Å². The number of nitro groups is 1. The lowest BCUT2D eigenvalue weighted by Crippen LogP contribution is -2.24. The maximum atomic E-state index is 11.7. The number of hydrogen-bond donors (Lipinski definition) is 1. The van der Waals surface area contributed by atoms with Crippen molar-refractivity contribution in [3.63, 3.8) is 0 Å². The average Bonchev–Trinajstić information content (AvgIpc) is 2.24. The quantitative estimate of drug-likeness (QED) is 0.686. The van der Waals surface area contributed by atoms with Crippen LogP contribution in [0.2, 0.25) is 0 Å². The Labute approximate surface area is 107 Å². The summed E-state index contributed by atoms with van der Waals surface area (Å²) >= 11 is 3.11. The van der Waals surface area contributed by atoms with E-state index in [2.05, 4.69) is 27.8 Å². The molecule has 90 valence electrons. The van der Waals surface area contributed by atoms with Crippen LogP contribution >= 0.6 is 15.9 Å². The lowest BCUT2D eigenvalue weighted by Gasteiger charge is -2.05. The smallest absolute Gasteiger partial charge is 0.270 e. The first-order chi connectivity index (χ1) is 7.90. The number of aryl methyl sites for hydroxylation is 1. The van der Waals surface area contributed by atoms with Crippen molar-refractivity contribution in [2.45, 2.75) is 6.92 Å². The SMILES string of the molecule is C=C(Br)CNC(=O)c1cc(C)cc([N+](=O)[O-])c1. The van der Waals surface area contributed by atoms with Crippen LogP contribution in [0.4, 0.5) is 5.69 Å². The molecule has 6 heteroatoms. The van der Waals surface area contributed by atoms with Crippen LogP contribution < -0.4 is 5.32 Å². The van der Waals surface area contributed by atoms with Gasteiger partial charge >= 0.3 is 0 Å². The summed E-state index contributed by atoms with van der Waals surface area (Å²) in [5.74, 6) is -0.364. The third-order valence-corrected chi connectivity index (χ3v) is 2.26. The molecule has 0 aliphatic rings. The summed E-state index contributed by atoms with van der Waals surface area (Å²) in [5.41, 5.74) is 0.847. The molecule has 17 heavy (non-hydrogen) atoms. The number of hydrogen-bond acceptors (Lipinski definition) is 3. The van der Waals surface area contributed by atoms with Crippen LogP contribution in [0.5, 0.6) is 0 Å². The monoisotopic (exact) mass is 298 g/mol. The van der Waals surface area contributed by atoms with E-state index in [1.807, 2.05) is 0 Å². The molecule has 0 bridgehead atoms. The van der Waals surface area contributed by atoms with Gasteiger partial charge in [-0.15, -0.1) is 0 Å². The second-order valence-electron chi connectivity index (χ2n) is 3.51. The molecule has 1 aromatic carbocycles. The number of amides is 1. The molecule has 0 fully saturated rings. The van der Waals surface area contributed by atoms with Crippen molar-refractivity contribution in [3.05, 3.63) is 50.5 Å². The number of nitrogens with one attached hydrogen (secondary N) is 1. The number of nitrogens with zero attached hydrogens (tertiary/aromatic N) is 1. The third kappa shape index (κ3) is 3.99. The Morgan fingerprint density at radius 1 is 1.53 bits per heavy atom. The number of non-ortho nitro benzene ring substituents is 1. The Kier molecular flexibility index (Phi) is 4.39. The predicted octanol–water partition coefficient (Wildman–Crippen LogP) is 2.54. The number of nitro benzene ring substituents is 1. The zero-order valence-electron chi connectivity index (χ0n) is 9.20. The maximum absolute atomic E-state index is 11.7. The zero-order valence-corrected chi connectivity index (χ0v) is 10.8. The molecule has 0 unspecified atom stereocenters. The van der Waals surface area contributed by atoms with E-state index in [0.29, 0.717) is 10.0 Å². The summed E-state index contributed by atoms with van der Waals surface area (Å²) in [6.45, 7) is 5.56. The van der Waals surface area contributed by atoms with Crippen LogP contribution in [0.15, 0.2) is 29.3 Å². The van der Waals surface area contributed by atoms with E-state index in [4.69, 9.17) is 0 Å². The Bertz CT molecular complexity index is 486. The van der Waals surface area contributed by atoms with Gasteiger partial charge in [-0.2, -0.15) is 0 Å². The van der Waals surface area contributed by atoms with Gasteiger partial charge in [-0.1, -0.05) is 22.5 Å². The van der Waals surface area contributed by atoms with E-state index in [9.17, 15) is 14.9 Å². The summed E-state index contributed by atoms with van der Waals surface area (Å²) in [7, 11) is 0. The average molecular weight is 299 g/mol. The van der Waals surface area contributed by atoms with Gasteiger partial charge in [0.15, 0.2) is 0 Å². The van der Waals surface area contributed by atoms with Gasteiger partial charge in [-0.05, 0) is 18.6 Å². The van der Waals surface area contributed by atoms with Crippen molar-refractivity contribution in [2.75, 3.05) is 6.54 Å². The van der Waals surface area contributed by atoms with Crippen molar-refractivity contribution >= 4 is 27.5 Å². The largest absolute Gasteiger partial charge is 0.347 e. The molecule has 1 aromatic rings. The minimum Gasteiger partial charge on any atom is -0.347 e. The van der Waals surface area contributed by atoms with Gasteiger partial charge in [0.25, 0.3) is 11.6 Å². The van der Waals surface area contributed by atoms with Gasteiger partial charge in [0.2, 0.25) is 0 Å². The van der Waals surface area contributed by atoms with E-state index in [-0.39, 0.29) is 23.7 Å². The standard InChI is InChI=1S/C11H11BrN2O3/c1-7-3-9(5-10(4-7)14(16)17)11(15)13-6-8(2)12/h3-5H,2,6H2,1H3,(H,13,15). The zero-order chi connectivity index (χ0) is 13.0. The van der Waals surface area contributed by atoms with Gasteiger partial charge in [0.05, 0.1) is 4.92 Å². The number of benzene rings is 1. The van der Waals surface area contributed by atoms with E-state index in [1.54, 1.807) is 13.0 Å². The molecule has 1 amide bonds. The topological polar surface area (TPSA) is 72.2 Å². The van der Waals surface area contributed by atoms with Gasteiger partial charge < -0.3 is 5.32 Å². The third-order valence-electron chi connectivity index (χ3n) is 1.98. The molecule has 1 rings (SSSR count). The number of halogens is 1. The van der Waals surface area contributed by atoms with Crippen molar-refractivity contribution in [2.24, 2.45) is 0 Å². The molecule has 0 spiro atoms. The molecule has 0 heterocycles. The highest BCUT2D eigenvalue weighted by atomic mass is 79.9. The van der Waals surface area contributed by atoms with Crippen LogP contribution in [0, 0.1) is 17.0 Å². The molecule has 0 saturated heterocycles. The second-order valence-corrected chi connectivity index (χ2v) is 4.64. The number of carbonyl (C=O) groups is 1. The minimum atomic E-state index is -0.521. The summed E-state index contributed by atoms with van der Waals surface area (Å²) in [6.07, 6.45) is 0. The fourth-order valence-corrected chi connectivity index (χ4v) is 1.42. The molecular weight excluding hydrogens is 288 g/mol. The van der Waals surface area contributed by atoms with E-state index >= 15 is 0 Å². The van der Waals surface area contributed by atoms with Crippen molar-refractivity contribution in [1.82, 2.24) is 5.32 Å². The van der Waals surface area contributed by atoms with Crippen LogP contribution in [0.25, 0.3) is 0 Å². The first kappa shape index (κ1) is 13.4. The fraction of sp³-hybridized carbons (Fsp3) is 0.182. The lowest BCUT2D eigenvalue weighted by atomic mass is 10.1. The van der Waals surface area contributed by atoms with E-state index in [1.165, 1.54) is 12.1 Å². The predicted molar refractivity (Wildman–Crippen MR) is 68.2 cm³/mol. The summed E-state index contributed by atoms with van der Waals surface area (Å²) < 4.78 is 0.632. The fourth-order valence-electron chi connectivity index (χ4n) is 1.28. The van der Waals surface area contributed by atoms with Crippen molar-refractivity contribution in [3.8, 4) is 0 Å². The van der Waals surface area contributed by atoms with E-state index < -0.39 is 4.92 Å². The second kappa shape index (κ2) is 5.58.